The highest BCUT2D eigenvalue weighted by Crippen LogP contribution is 2.17. The first-order valence-electron chi connectivity index (χ1n) is 33.1. The Morgan fingerprint density at radius 3 is 0.805 bits per heavy atom. The van der Waals surface area contributed by atoms with E-state index in [2.05, 4.69) is 106 Å². The van der Waals surface area contributed by atoms with Crippen LogP contribution in [0.2, 0.25) is 0 Å². The maximum absolute atomic E-state index is 12.9. The van der Waals surface area contributed by atoms with Crippen molar-refractivity contribution in [1.29, 1.82) is 0 Å². The molecule has 444 valence electrons. The van der Waals surface area contributed by atoms with E-state index in [4.69, 9.17) is 14.2 Å². The van der Waals surface area contributed by atoms with Crippen molar-refractivity contribution in [1.82, 2.24) is 0 Å². The SMILES string of the molecule is CC/C=C\C/C=C\C/C=C\C/C=C\C/C=C\C/C=C\CCCCCCCCC(=O)OCC(COC(=O)CCCCCCC/C=C\CCCCCCCC)OC(=O)CCCCCCCCCCCCCCCCCCCCC. The third-order valence-corrected chi connectivity index (χ3v) is 14.4. The molecular weight excluding hydrogens is 949 g/mol. The minimum absolute atomic E-state index is 0.0826. The molecule has 0 aliphatic heterocycles. The standard InChI is InChI=1S/C71H124O6/c1-4-7-10-13-16-19-22-25-28-30-32-33-34-35-36-37-39-40-43-46-49-52-55-58-61-64-70(73)76-67-68(66-75-69(72)63-60-57-54-51-48-45-42-27-24-21-18-15-12-9-6-3)77-71(74)65-62-59-56-53-50-47-44-41-38-31-29-26-23-20-17-14-11-8-5-2/h7,10,16,19,25,27-28,32-33,35-36,39-40,42,68H,4-6,8-9,11-15,17-18,20-24,26,29-31,34,37-38,41,43-67H2,1-3H3/b10-7-,19-16-,28-25-,33-32-,36-35-,40-39-,42-27-. The Kier molecular flexibility index (Phi) is 62.2. The number of hydrogen-bond acceptors (Lipinski definition) is 6. The summed E-state index contributed by atoms with van der Waals surface area (Å²) < 4.78 is 16.9. The predicted molar refractivity (Wildman–Crippen MR) is 334 cm³/mol. The summed E-state index contributed by atoms with van der Waals surface area (Å²) in [4.78, 5) is 38.4. The molecule has 0 fully saturated rings. The van der Waals surface area contributed by atoms with Crippen LogP contribution in [-0.2, 0) is 28.6 Å². The number of hydrogen-bond donors (Lipinski definition) is 0. The Bertz CT molecular complexity index is 1470. The molecule has 0 aromatic carbocycles. The van der Waals surface area contributed by atoms with Gasteiger partial charge in [0.05, 0.1) is 0 Å². The number of carbonyl (C=O) groups is 3. The van der Waals surface area contributed by atoms with Gasteiger partial charge in [-0.15, -0.1) is 0 Å². The topological polar surface area (TPSA) is 78.9 Å². The monoisotopic (exact) mass is 1070 g/mol. The van der Waals surface area contributed by atoms with E-state index in [-0.39, 0.29) is 31.1 Å². The molecule has 6 nitrogen and oxygen atoms in total. The molecule has 0 aliphatic carbocycles. The number of ether oxygens (including phenoxy) is 3. The summed E-state index contributed by atoms with van der Waals surface area (Å²) in [5, 5.41) is 0. The summed E-state index contributed by atoms with van der Waals surface area (Å²) in [5.74, 6) is -0.888. The minimum Gasteiger partial charge on any atom is -0.462 e. The lowest BCUT2D eigenvalue weighted by molar-refractivity contribution is -0.167. The molecule has 0 saturated carbocycles. The molecule has 1 unspecified atom stereocenters. The summed E-state index contributed by atoms with van der Waals surface area (Å²) >= 11 is 0. The zero-order chi connectivity index (χ0) is 55.7. The minimum atomic E-state index is -0.786. The van der Waals surface area contributed by atoms with E-state index < -0.39 is 6.10 Å². The Balaban J connectivity index is 4.37. The lowest BCUT2D eigenvalue weighted by Gasteiger charge is -2.18. The second-order valence-electron chi connectivity index (χ2n) is 22.0. The lowest BCUT2D eigenvalue weighted by atomic mass is 10.0. The van der Waals surface area contributed by atoms with Crippen molar-refractivity contribution in [3.8, 4) is 0 Å². The van der Waals surface area contributed by atoms with Gasteiger partial charge in [-0.25, -0.2) is 0 Å². The molecule has 0 amide bonds. The largest absolute Gasteiger partial charge is 0.462 e. The Hall–Kier alpha value is -3.41. The average Bonchev–Trinajstić information content (AvgIpc) is 3.43. The van der Waals surface area contributed by atoms with Crippen molar-refractivity contribution < 1.29 is 28.6 Å². The fraction of sp³-hybridized carbons (Fsp3) is 0.761. The van der Waals surface area contributed by atoms with Gasteiger partial charge >= 0.3 is 17.9 Å². The Morgan fingerprint density at radius 1 is 0.273 bits per heavy atom. The van der Waals surface area contributed by atoms with Gasteiger partial charge in [-0.3, -0.25) is 14.4 Å². The molecule has 0 N–H and O–H groups in total. The molecule has 0 aromatic heterocycles. The second-order valence-corrected chi connectivity index (χ2v) is 22.0. The van der Waals surface area contributed by atoms with Gasteiger partial charge in [0.15, 0.2) is 6.10 Å². The quantitative estimate of drug-likeness (QED) is 0.0261. The van der Waals surface area contributed by atoms with Gasteiger partial charge in [0.2, 0.25) is 0 Å². The highest BCUT2D eigenvalue weighted by atomic mass is 16.6. The first-order chi connectivity index (χ1) is 38.0. The van der Waals surface area contributed by atoms with Gasteiger partial charge in [0.25, 0.3) is 0 Å². The predicted octanol–water partition coefficient (Wildman–Crippen LogP) is 22.7. The van der Waals surface area contributed by atoms with E-state index in [0.717, 1.165) is 116 Å². The van der Waals surface area contributed by atoms with Crippen molar-refractivity contribution in [2.24, 2.45) is 0 Å². The van der Waals surface area contributed by atoms with Crippen LogP contribution in [0.15, 0.2) is 85.1 Å². The molecule has 1 atom stereocenters. The summed E-state index contributed by atoms with van der Waals surface area (Å²) in [5.41, 5.74) is 0. The van der Waals surface area contributed by atoms with Crippen molar-refractivity contribution in [3.63, 3.8) is 0 Å². The molecule has 77 heavy (non-hydrogen) atoms. The van der Waals surface area contributed by atoms with Crippen molar-refractivity contribution in [2.45, 2.75) is 335 Å². The molecule has 0 spiro atoms. The van der Waals surface area contributed by atoms with Gasteiger partial charge in [-0.05, 0) is 96.3 Å². The van der Waals surface area contributed by atoms with Crippen LogP contribution in [0, 0.1) is 0 Å². The van der Waals surface area contributed by atoms with E-state index in [1.807, 2.05) is 0 Å². The van der Waals surface area contributed by atoms with Gasteiger partial charge in [0.1, 0.15) is 13.2 Å². The number of carbonyl (C=O) groups excluding carboxylic acids is 3. The fourth-order valence-corrected chi connectivity index (χ4v) is 9.44. The fourth-order valence-electron chi connectivity index (χ4n) is 9.44. The zero-order valence-electron chi connectivity index (χ0n) is 51.0. The highest BCUT2D eigenvalue weighted by molar-refractivity contribution is 5.71. The van der Waals surface area contributed by atoms with Crippen LogP contribution < -0.4 is 0 Å². The second kappa shape index (κ2) is 65.1. The summed E-state index contributed by atoms with van der Waals surface area (Å²) in [7, 11) is 0. The molecule has 0 saturated heterocycles. The van der Waals surface area contributed by atoms with E-state index in [0.29, 0.717) is 19.3 Å². The van der Waals surface area contributed by atoms with Gasteiger partial charge < -0.3 is 14.2 Å². The van der Waals surface area contributed by atoms with Crippen molar-refractivity contribution in [2.75, 3.05) is 13.2 Å². The third kappa shape index (κ3) is 63.3. The molecule has 0 heterocycles. The van der Waals surface area contributed by atoms with Crippen LogP contribution in [0.4, 0.5) is 0 Å². The van der Waals surface area contributed by atoms with Crippen LogP contribution in [0.25, 0.3) is 0 Å². The highest BCUT2D eigenvalue weighted by Gasteiger charge is 2.19. The third-order valence-electron chi connectivity index (χ3n) is 14.4. The summed E-state index contributed by atoms with van der Waals surface area (Å²) in [6.07, 6.45) is 85.9. The molecule has 0 bridgehead atoms. The van der Waals surface area contributed by atoms with Gasteiger partial charge in [-0.2, -0.15) is 0 Å². The first kappa shape index (κ1) is 73.6. The Morgan fingerprint density at radius 2 is 0.506 bits per heavy atom. The number of unbranched alkanes of at least 4 members (excludes halogenated alkanes) is 35. The molecule has 0 radical (unpaired) electrons. The summed E-state index contributed by atoms with van der Waals surface area (Å²) in [6.45, 7) is 6.55. The van der Waals surface area contributed by atoms with Crippen molar-refractivity contribution >= 4 is 17.9 Å². The zero-order valence-corrected chi connectivity index (χ0v) is 51.0. The van der Waals surface area contributed by atoms with Gasteiger partial charge in [-0.1, -0.05) is 298 Å². The lowest BCUT2D eigenvalue weighted by Crippen LogP contribution is -2.30. The molecule has 0 aromatic rings. The Labute approximate surface area is 477 Å². The maximum atomic E-state index is 12.9. The molecule has 0 aliphatic rings. The van der Waals surface area contributed by atoms with Gasteiger partial charge in [0, 0.05) is 19.3 Å². The van der Waals surface area contributed by atoms with Crippen LogP contribution >= 0.6 is 0 Å². The first-order valence-corrected chi connectivity index (χ1v) is 33.1. The van der Waals surface area contributed by atoms with Crippen LogP contribution in [0.1, 0.15) is 329 Å². The van der Waals surface area contributed by atoms with Crippen molar-refractivity contribution in [3.05, 3.63) is 85.1 Å². The number of esters is 3. The number of rotatable bonds is 60. The smallest absolute Gasteiger partial charge is 0.306 e. The normalized spacial score (nSPS) is 12.6. The maximum Gasteiger partial charge on any atom is 0.306 e. The number of allylic oxidation sites excluding steroid dienone is 14. The molecule has 0 rings (SSSR count). The molecule has 6 heteroatoms. The summed E-state index contributed by atoms with van der Waals surface area (Å²) in [6, 6.07) is 0. The average molecular weight is 1070 g/mol. The van der Waals surface area contributed by atoms with E-state index in [1.165, 1.54) is 173 Å². The van der Waals surface area contributed by atoms with Crippen LogP contribution in [0.5, 0.6) is 0 Å². The van der Waals surface area contributed by atoms with Crippen LogP contribution in [-0.4, -0.2) is 37.2 Å². The van der Waals surface area contributed by atoms with Crippen LogP contribution in [0.3, 0.4) is 0 Å². The van der Waals surface area contributed by atoms with E-state index in [9.17, 15) is 14.4 Å². The van der Waals surface area contributed by atoms with E-state index in [1.54, 1.807) is 0 Å². The van der Waals surface area contributed by atoms with E-state index >= 15 is 0 Å². The molecular formula is C71H124O6.